The van der Waals surface area contributed by atoms with Gasteiger partial charge in [0.05, 0.1) is 11.3 Å². The monoisotopic (exact) mass is 478 g/mol. The zero-order chi connectivity index (χ0) is 24.9. The average molecular weight is 478 g/mol. The van der Waals surface area contributed by atoms with Crippen LogP contribution in [-0.4, -0.2) is 47.4 Å². The number of halogens is 1. The molecule has 2 amide bonds. The molecule has 9 heteroatoms. The van der Waals surface area contributed by atoms with Crippen LogP contribution in [0.25, 0.3) is 11.1 Å². The van der Waals surface area contributed by atoms with Gasteiger partial charge in [0.15, 0.2) is 6.10 Å². The van der Waals surface area contributed by atoms with Gasteiger partial charge in [-0.05, 0) is 40.5 Å². The summed E-state index contributed by atoms with van der Waals surface area (Å²) in [4.78, 5) is 35.8. The molecule has 1 aliphatic rings. The number of aliphatic hydroxyl groups is 1. The van der Waals surface area contributed by atoms with Crippen molar-refractivity contribution in [3.8, 4) is 11.1 Å². The highest BCUT2D eigenvalue weighted by Gasteiger charge is 2.29. The molecule has 35 heavy (non-hydrogen) atoms. The van der Waals surface area contributed by atoms with Gasteiger partial charge < -0.3 is 20.3 Å². The number of benzene rings is 3. The van der Waals surface area contributed by atoms with E-state index in [1.807, 2.05) is 48.5 Å². The first kappa shape index (κ1) is 23.9. The number of carboxylic acids is 1. The number of hydrogen-bond donors (Lipinski definition) is 4. The number of rotatable bonds is 8. The maximum Gasteiger partial charge on any atom is 0.411 e. The summed E-state index contributed by atoms with van der Waals surface area (Å²) in [7, 11) is 0. The SMILES string of the molecule is O=C(Nc1ccc(F)cc1C(=O)NCCC(O)C(=O)O)OCC1c2ccccc2-c2ccccc21. The topological polar surface area (TPSA) is 125 Å². The molecule has 0 saturated heterocycles. The lowest BCUT2D eigenvalue weighted by Gasteiger charge is -2.16. The Morgan fingerprint density at radius 1 is 0.971 bits per heavy atom. The van der Waals surface area contributed by atoms with Gasteiger partial charge in [0.1, 0.15) is 12.4 Å². The van der Waals surface area contributed by atoms with E-state index >= 15 is 0 Å². The van der Waals surface area contributed by atoms with Crippen molar-refractivity contribution in [2.24, 2.45) is 0 Å². The third-order valence-corrected chi connectivity index (χ3v) is 5.80. The first-order valence-electron chi connectivity index (χ1n) is 11.0. The minimum Gasteiger partial charge on any atom is -0.479 e. The molecule has 3 aromatic carbocycles. The van der Waals surface area contributed by atoms with Crippen LogP contribution in [0, 0.1) is 5.82 Å². The summed E-state index contributed by atoms with van der Waals surface area (Å²) in [5.74, 6) is -3.00. The molecule has 1 aliphatic carbocycles. The van der Waals surface area contributed by atoms with Crippen molar-refractivity contribution < 1.29 is 33.7 Å². The van der Waals surface area contributed by atoms with Crippen LogP contribution in [0.4, 0.5) is 14.9 Å². The lowest BCUT2D eigenvalue weighted by Crippen LogP contribution is -2.31. The van der Waals surface area contributed by atoms with Gasteiger partial charge in [-0.25, -0.2) is 14.0 Å². The smallest absolute Gasteiger partial charge is 0.411 e. The highest BCUT2D eigenvalue weighted by molar-refractivity contribution is 6.02. The standard InChI is InChI=1S/C26H23FN2O6/c27-15-9-10-22(20(13-15)24(31)28-12-11-23(30)25(32)33)29-26(34)35-14-21-18-7-3-1-5-16(18)17-6-2-4-8-19(17)21/h1-10,13,21,23,30H,11-12,14H2,(H,28,31)(H,29,34)(H,32,33). The average Bonchev–Trinajstić information content (AvgIpc) is 3.17. The molecule has 0 heterocycles. The van der Waals surface area contributed by atoms with Crippen LogP contribution in [0.1, 0.15) is 33.8 Å². The van der Waals surface area contributed by atoms with E-state index < -0.39 is 29.9 Å². The number of aliphatic carboxylic acids is 1. The molecule has 0 aromatic heterocycles. The number of fused-ring (bicyclic) bond motifs is 3. The Bertz CT molecular complexity index is 1230. The van der Waals surface area contributed by atoms with Crippen LogP contribution in [-0.2, 0) is 9.53 Å². The number of amides is 2. The summed E-state index contributed by atoms with van der Waals surface area (Å²) in [6.07, 6.45) is -2.68. The first-order valence-corrected chi connectivity index (χ1v) is 11.0. The van der Waals surface area contributed by atoms with E-state index in [0.717, 1.165) is 34.4 Å². The predicted molar refractivity (Wildman–Crippen MR) is 126 cm³/mol. The number of anilines is 1. The van der Waals surface area contributed by atoms with Crippen LogP contribution < -0.4 is 10.6 Å². The van der Waals surface area contributed by atoms with E-state index in [1.54, 1.807) is 0 Å². The molecule has 0 aliphatic heterocycles. The van der Waals surface area contributed by atoms with Gasteiger partial charge in [-0.3, -0.25) is 10.1 Å². The van der Waals surface area contributed by atoms with Crippen LogP contribution in [0.2, 0.25) is 0 Å². The van der Waals surface area contributed by atoms with E-state index in [9.17, 15) is 23.9 Å². The molecule has 4 rings (SSSR count). The number of carbonyl (C=O) groups is 3. The van der Waals surface area contributed by atoms with Crippen molar-refractivity contribution in [2.75, 3.05) is 18.5 Å². The Morgan fingerprint density at radius 3 is 2.23 bits per heavy atom. The molecule has 1 unspecified atom stereocenters. The van der Waals surface area contributed by atoms with E-state index in [2.05, 4.69) is 10.6 Å². The van der Waals surface area contributed by atoms with Gasteiger partial charge in [-0.2, -0.15) is 0 Å². The van der Waals surface area contributed by atoms with Crippen molar-refractivity contribution in [1.29, 1.82) is 0 Å². The summed E-state index contributed by atoms with van der Waals surface area (Å²) < 4.78 is 19.3. The van der Waals surface area contributed by atoms with Gasteiger partial charge >= 0.3 is 12.1 Å². The van der Waals surface area contributed by atoms with Gasteiger partial charge in [-0.15, -0.1) is 0 Å². The number of nitrogens with one attached hydrogen (secondary N) is 2. The van der Waals surface area contributed by atoms with Gasteiger partial charge in [0, 0.05) is 18.9 Å². The van der Waals surface area contributed by atoms with E-state index in [-0.39, 0.29) is 36.7 Å². The second kappa shape index (κ2) is 10.4. The summed E-state index contributed by atoms with van der Waals surface area (Å²) in [6.45, 7) is -0.0944. The Balaban J connectivity index is 1.42. The Hall–Kier alpha value is -4.24. The van der Waals surface area contributed by atoms with E-state index in [4.69, 9.17) is 9.84 Å². The summed E-state index contributed by atoms with van der Waals surface area (Å²) in [5, 5.41) is 22.9. The Morgan fingerprint density at radius 2 is 1.60 bits per heavy atom. The molecule has 0 bridgehead atoms. The molecule has 0 fully saturated rings. The normalized spacial score (nSPS) is 12.9. The predicted octanol–water partition coefficient (Wildman–Crippen LogP) is 3.75. The fourth-order valence-electron chi connectivity index (χ4n) is 4.10. The van der Waals surface area contributed by atoms with Crippen LogP contribution in [0.5, 0.6) is 0 Å². The van der Waals surface area contributed by atoms with Crippen molar-refractivity contribution >= 4 is 23.7 Å². The lowest BCUT2D eigenvalue weighted by molar-refractivity contribution is -0.146. The third kappa shape index (κ3) is 5.30. The summed E-state index contributed by atoms with van der Waals surface area (Å²) in [6, 6.07) is 19.1. The van der Waals surface area contributed by atoms with Crippen LogP contribution >= 0.6 is 0 Å². The van der Waals surface area contributed by atoms with Crippen LogP contribution in [0.3, 0.4) is 0 Å². The van der Waals surface area contributed by atoms with Crippen molar-refractivity contribution in [2.45, 2.75) is 18.4 Å². The maximum absolute atomic E-state index is 13.8. The van der Waals surface area contributed by atoms with Gasteiger partial charge in [0.25, 0.3) is 5.91 Å². The first-order chi connectivity index (χ1) is 16.8. The summed E-state index contributed by atoms with van der Waals surface area (Å²) >= 11 is 0. The number of hydrogen-bond acceptors (Lipinski definition) is 5. The molecule has 8 nitrogen and oxygen atoms in total. The largest absolute Gasteiger partial charge is 0.479 e. The van der Waals surface area contributed by atoms with Gasteiger partial charge in [0.2, 0.25) is 0 Å². The number of carboxylic acid groups (broad SMARTS) is 1. The number of ether oxygens (including phenoxy) is 1. The fourth-order valence-corrected chi connectivity index (χ4v) is 4.10. The Labute approximate surface area is 200 Å². The molecule has 1 atom stereocenters. The lowest BCUT2D eigenvalue weighted by atomic mass is 9.98. The van der Waals surface area contributed by atoms with Gasteiger partial charge in [-0.1, -0.05) is 48.5 Å². The molecule has 0 spiro atoms. The Kier molecular flexibility index (Phi) is 7.07. The number of carbonyl (C=O) groups excluding carboxylic acids is 2. The summed E-state index contributed by atoms with van der Waals surface area (Å²) in [5.41, 5.74) is 4.13. The second-order valence-electron chi connectivity index (χ2n) is 8.04. The maximum atomic E-state index is 13.8. The molecular formula is C26H23FN2O6. The minimum absolute atomic E-state index is 0.0277. The zero-order valence-corrected chi connectivity index (χ0v) is 18.5. The molecule has 3 aromatic rings. The highest BCUT2D eigenvalue weighted by Crippen LogP contribution is 2.44. The fraction of sp³-hybridized carbons (Fsp3) is 0.192. The number of aliphatic hydroxyl groups excluding tert-OH is 1. The molecule has 0 saturated carbocycles. The third-order valence-electron chi connectivity index (χ3n) is 5.80. The van der Waals surface area contributed by atoms with E-state index in [0.29, 0.717) is 0 Å². The molecule has 180 valence electrons. The minimum atomic E-state index is -1.64. The zero-order valence-electron chi connectivity index (χ0n) is 18.5. The molecular weight excluding hydrogens is 455 g/mol. The highest BCUT2D eigenvalue weighted by atomic mass is 19.1. The molecule has 0 radical (unpaired) electrons. The van der Waals surface area contributed by atoms with Crippen molar-refractivity contribution in [1.82, 2.24) is 5.32 Å². The van der Waals surface area contributed by atoms with Crippen LogP contribution in [0.15, 0.2) is 66.7 Å². The quantitative estimate of drug-likeness (QED) is 0.391. The van der Waals surface area contributed by atoms with E-state index in [1.165, 1.54) is 6.07 Å². The van der Waals surface area contributed by atoms with Crippen molar-refractivity contribution in [3.63, 3.8) is 0 Å². The second-order valence-corrected chi connectivity index (χ2v) is 8.04. The molecule has 4 N–H and O–H groups in total. The van der Waals surface area contributed by atoms with Crippen molar-refractivity contribution in [3.05, 3.63) is 89.2 Å².